The van der Waals surface area contributed by atoms with Crippen molar-refractivity contribution in [2.45, 2.75) is 25.6 Å². The maximum Gasteiger partial charge on any atom is 0.308 e. The van der Waals surface area contributed by atoms with E-state index in [1.807, 2.05) is 30.3 Å². The lowest BCUT2D eigenvalue weighted by atomic mass is 10.1. The Balaban J connectivity index is 1.67. The molecule has 7 heteroatoms. The average Bonchev–Trinajstić information content (AvgIpc) is 2.94. The highest BCUT2D eigenvalue weighted by Crippen LogP contribution is 2.28. The summed E-state index contributed by atoms with van der Waals surface area (Å²) in [6.45, 7) is 0.176. The number of phenolic OH excluding ortho intramolecular Hbond substituents is 1. The number of benzene rings is 2. The van der Waals surface area contributed by atoms with Crippen LogP contribution >= 0.6 is 0 Å². The normalized spacial score (nSPS) is 14.0. The highest BCUT2D eigenvalue weighted by molar-refractivity contribution is 6.01. The lowest BCUT2D eigenvalue weighted by Crippen LogP contribution is -2.46. The fraction of sp³-hybridized carbons (Fsp3) is 0.211. The van der Waals surface area contributed by atoms with Crippen LogP contribution in [0.25, 0.3) is 0 Å². The van der Waals surface area contributed by atoms with Crippen molar-refractivity contribution in [3.63, 3.8) is 0 Å². The van der Waals surface area contributed by atoms with E-state index in [9.17, 15) is 19.5 Å². The van der Waals surface area contributed by atoms with Crippen molar-refractivity contribution in [1.82, 2.24) is 4.90 Å². The molecule has 0 fully saturated rings. The summed E-state index contributed by atoms with van der Waals surface area (Å²) in [4.78, 5) is 37.7. The molecule has 0 aliphatic carbocycles. The minimum absolute atomic E-state index is 0.0243. The molecular formula is C19H18N2O5. The van der Waals surface area contributed by atoms with E-state index in [4.69, 9.17) is 10.5 Å². The number of amides is 2. The molecule has 2 amide bonds. The van der Waals surface area contributed by atoms with Crippen LogP contribution in [0.2, 0.25) is 0 Å². The van der Waals surface area contributed by atoms with Gasteiger partial charge in [0, 0.05) is 12.1 Å². The summed E-state index contributed by atoms with van der Waals surface area (Å²) >= 11 is 0. The quantitative estimate of drug-likeness (QED) is 0.761. The molecule has 0 bridgehead atoms. The van der Waals surface area contributed by atoms with Gasteiger partial charge in [0.1, 0.15) is 18.4 Å². The number of nitrogens with zero attached hydrogens (tertiary/aromatic N) is 1. The van der Waals surface area contributed by atoms with Gasteiger partial charge in [-0.05, 0) is 29.3 Å². The van der Waals surface area contributed by atoms with E-state index in [2.05, 4.69) is 0 Å². The van der Waals surface area contributed by atoms with Crippen molar-refractivity contribution in [2.75, 3.05) is 0 Å². The summed E-state index contributed by atoms with van der Waals surface area (Å²) in [5.74, 6) is -1.78. The van der Waals surface area contributed by atoms with Crippen LogP contribution in [0.5, 0.6) is 5.75 Å². The molecular weight excluding hydrogens is 336 g/mol. The van der Waals surface area contributed by atoms with Crippen molar-refractivity contribution in [2.24, 2.45) is 5.73 Å². The molecule has 0 radical (unpaired) electrons. The second-order valence-corrected chi connectivity index (χ2v) is 6.04. The molecule has 134 valence electrons. The third kappa shape index (κ3) is 3.66. The number of hydrogen-bond donors (Lipinski definition) is 2. The number of carbonyl (C=O) groups is 3. The summed E-state index contributed by atoms with van der Waals surface area (Å²) < 4.78 is 5.18. The Hall–Kier alpha value is -3.35. The maximum absolute atomic E-state index is 12.5. The molecule has 3 N–H and O–H groups in total. The van der Waals surface area contributed by atoms with Gasteiger partial charge in [-0.1, -0.05) is 30.3 Å². The lowest BCUT2D eigenvalue weighted by Gasteiger charge is -2.24. The predicted molar refractivity (Wildman–Crippen MR) is 91.8 cm³/mol. The van der Waals surface area contributed by atoms with E-state index >= 15 is 0 Å². The maximum atomic E-state index is 12.5. The number of carbonyl (C=O) groups excluding carboxylic acids is 3. The zero-order valence-corrected chi connectivity index (χ0v) is 13.9. The topological polar surface area (TPSA) is 110 Å². The number of rotatable bonds is 6. The number of fused-ring (bicyclic) bond motifs is 1. The first-order valence-corrected chi connectivity index (χ1v) is 8.07. The monoisotopic (exact) mass is 354 g/mol. The van der Waals surface area contributed by atoms with Crippen LogP contribution in [0.4, 0.5) is 0 Å². The molecule has 26 heavy (non-hydrogen) atoms. The Bertz CT molecular complexity index is 850. The van der Waals surface area contributed by atoms with Gasteiger partial charge >= 0.3 is 5.97 Å². The molecule has 1 heterocycles. The summed E-state index contributed by atoms with van der Waals surface area (Å²) in [7, 11) is 0. The van der Waals surface area contributed by atoms with E-state index in [-0.39, 0.29) is 25.3 Å². The van der Waals surface area contributed by atoms with Crippen molar-refractivity contribution < 1.29 is 24.2 Å². The second-order valence-electron chi connectivity index (χ2n) is 6.04. The molecule has 2 aromatic rings. The summed E-state index contributed by atoms with van der Waals surface area (Å²) in [6.07, 6.45) is -0.326. The van der Waals surface area contributed by atoms with Gasteiger partial charge in [0.15, 0.2) is 0 Å². The Kier molecular flexibility index (Phi) is 4.88. The number of phenols is 1. The molecule has 2 aromatic carbocycles. The molecule has 3 rings (SSSR count). The Labute approximate surface area is 150 Å². The second kappa shape index (κ2) is 7.26. The number of hydrogen-bond acceptors (Lipinski definition) is 5. The molecule has 0 aromatic heterocycles. The fourth-order valence-electron chi connectivity index (χ4n) is 2.90. The molecule has 0 spiro atoms. The predicted octanol–water partition coefficient (Wildman–Crippen LogP) is 1.34. The van der Waals surface area contributed by atoms with E-state index < -0.39 is 23.8 Å². The van der Waals surface area contributed by atoms with Crippen LogP contribution in [0.15, 0.2) is 48.5 Å². The van der Waals surface area contributed by atoms with Crippen molar-refractivity contribution in [3.05, 3.63) is 65.2 Å². The van der Waals surface area contributed by atoms with Crippen LogP contribution < -0.4 is 5.73 Å². The van der Waals surface area contributed by atoms with Crippen LogP contribution in [0.1, 0.15) is 27.9 Å². The van der Waals surface area contributed by atoms with Gasteiger partial charge in [-0.3, -0.25) is 14.4 Å². The number of aromatic hydroxyl groups is 1. The molecule has 1 unspecified atom stereocenters. The van der Waals surface area contributed by atoms with Crippen LogP contribution in [0, 0.1) is 0 Å². The van der Waals surface area contributed by atoms with Crippen LogP contribution in [-0.4, -0.2) is 33.8 Å². The smallest absolute Gasteiger partial charge is 0.308 e. The first-order valence-electron chi connectivity index (χ1n) is 8.07. The molecule has 7 nitrogen and oxygen atoms in total. The first-order chi connectivity index (χ1) is 12.5. The Morgan fingerprint density at radius 3 is 2.62 bits per heavy atom. The third-order valence-electron chi connectivity index (χ3n) is 4.23. The molecule has 0 saturated heterocycles. The third-order valence-corrected chi connectivity index (χ3v) is 4.23. The molecule has 0 saturated carbocycles. The van der Waals surface area contributed by atoms with Crippen molar-refractivity contribution >= 4 is 17.8 Å². The summed E-state index contributed by atoms with van der Waals surface area (Å²) in [5.41, 5.74) is 7.19. The Morgan fingerprint density at radius 1 is 1.19 bits per heavy atom. The van der Waals surface area contributed by atoms with E-state index in [0.29, 0.717) is 11.1 Å². The van der Waals surface area contributed by atoms with Gasteiger partial charge in [0.25, 0.3) is 5.91 Å². The van der Waals surface area contributed by atoms with E-state index in [1.54, 1.807) is 0 Å². The summed E-state index contributed by atoms with van der Waals surface area (Å²) in [6, 6.07) is 12.3. The van der Waals surface area contributed by atoms with E-state index in [1.165, 1.54) is 23.1 Å². The molecule has 1 aliphatic heterocycles. The molecule has 1 aliphatic rings. The van der Waals surface area contributed by atoms with Gasteiger partial charge in [-0.2, -0.15) is 0 Å². The van der Waals surface area contributed by atoms with Gasteiger partial charge < -0.3 is 20.5 Å². The standard InChI is InChI=1S/C19H18N2O5/c20-18(24)16(9-17(23)26-11-12-4-2-1-3-5-12)21-10-13-8-14(22)6-7-15(13)19(21)25/h1-8,16,22H,9-11H2,(H2,20,24). The molecule has 1 atom stereocenters. The minimum Gasteiger partial charge on any atom is -0.508 e. The largest absolute Gasteiger partial charge is 0.508 e. The highest BCUT2D eigenvalue weighted by Gasteiger charge is 2.37. The SMILES string of the molecule is NC(=O)C(CC(=O)OCc1ccccc1)N1Cc2cc(O)ccc2C1=O. The number of esters is 1. The number of primary amides is 1. The van der Waals surface area contributed by atoms with Gasteiger partial charge in [-0.15, -0.1) is 0 Å². The van der Waals surface area contributed by atoms with Gasteiger partial charge in [-0.25, -0.2) is 0 Å². The zero-order chi connectivity index (χ0) is 18.7. The van der Waals surface area contributed by atoms with Gasteiger partial charge in [0.05, 0.1) is 6.42 Å². The summed E-state index contributed by atoms with van der Waals surface area (Å²) in [5, 5.41) is 9.54. The number of ether oxygens (including phenoxy) is 1. The highest BCUT2D eigenvalue weighted by atomic mass is 16.5. The van der Waals surface area contributed by atoms with Crippen LogP contribution in [0.3, 0.4) is 0 Å². The minimum atomic E-state index is -1.11. The van der Waals surface area contributed by atoms with Crippen LogP contribution in [-0.2, 0) is 27.5 Å². The van der Waals surface area contributed by atoms with Crippen molar-refractivity contribution in [3.8, 4) is 5.75 Å². The number of nitrogens with two attached hydrogens (primary N) is 1. The lowest BCUT2D eigenvalue weighted by molar-refractivity contribution is -0.148. The first kappa shape index (κ1) is 17.5. The average molecular weight is 354 g/mol. The van der Waals surface area contributed by atoms with Gasteiger partial charge in [0.2, 0.25) is 5.91 Å². The van der Waals surface area contributed by atoms with Crippen molar-refractivity contribution in [1.29, 1.82) is 0 Å². The van der Waals surface area contributed by atoms with E-state index in [0.717, 1.165) is 5.56 Å². The zero-order valence-electron chi connectivity index (χ0n) is 13.9. The Morgan fingerprint density at radius 2 is 1.92 bits per heavy atom. The fourth-order valence-corrected chi connectivity index (χ4v) is 2.90.